The summed E-state index contributed by atoms with van der Waals surface area (Å²) in [5.74, 6) is -1.16. The number of primary amides is 1. The highest BCUT2D eigenvalue weighted by Gasteiger charge is 2.39. The molecule has 17 heavy (non-hydrogen) atoms. The van der Waals surface area contributed by atoms with Crippen molar-refractivity contribution in [2.75, 3.05) is 6.54 Å². The Balaban J connectivity index is 2.25. The van der Waals surface area contributed by atoms with Gasteiger partial charge < -0.3 is 15.1 Å². The SMILES string of the molecule is NC(=O)[C@@H]1C[C@@H](F)CN1C(=O)c1ccoc1Br. The van der Waals surface area contributed by atoms with Crippen molar-refractivity contribution in [1.82, 2.24) is 4.90 Å². The van der Waals surface area contributed by atoms with Gasteiger partial charge in [0.2, 0.25) is 5.91 Å². The molecule has 0 unspecified atom stereocenters. The van der Waals surface area contributed by atoms with Gasteiger partial charge in [0.25, 0.3) is 5.91 Å². The molecular formula is C10H10BrFN2O3. The van der Waals surface area contributed by atoms with E-state index in [9.17, 15) is 14.0 Å². The summed E-state index contributed by atoms with van der Waals surface area (Å²) in [7, 11) is 0. The summed E-state index contributed by atoms with van der Waals surface area (Å²) in [5, 5.41) is 0. The van der Waals surface area contributed by atoms with E-state index < -0.39 is 24.0 Å². The van der Waals surface area contributed by atoms with Gasteiger partial charge in [-0.15, -0.1) is 0 Å². The molecule has 5 nitrogen and oxygen atoms in total. The molecule has 0 bridgehead atoms. The lowest BCUT2D eigenvalue weighted by Gasteiger charge is -2.21. The molecule has 0 saturated carbocycles. The smallest absolute Gasteiger partial charge is 0.259 e. The van der Waals surface area contributed by atoms with Crippen LogP contribution in [0.1, 0.15) is 16.8 Å². The number of rotatable bonds is 2. The molecule has 2 amide bonds. The van der Waals surface area contributed by atoms with Gasteiger partial charge in [-0.3, -0.25) is 9.59 Å². The molecule has 1 fully saturated rings. The molecule has 1 aromatic heterocycles. The minimum Gasteiger partial charge on any atom is -0.457 e. The Hall–Kier alpha value is -1.37. The number of hydrogen-bond acceptors (Lipinski definition) is 3. The summed E-state index contributed by atoms with van der Waals surface area (Å²) in [5.41, 5.74) is 5.40. The number of furan rings is 1. The van der Waals surface area contributed by atoms with Gasteiger partial charge in [-0.1, -0.05) is 0 Å². The van der Waals surface area contributed by atoms with E-state index in [1.807, 2.05) is 0 Å². The second-order valence-electron chi connectivity index (χ2n) is 3.82. The largest absolute Gasteiger partial charge is 0.457 e. The Kier molecular flexibility index (Phi) is 3.19. The Morgan fingerprint density at radius 2 is 2.29 bits per heavy atom. The Morgan fingerprint density at radius 3 is 2.82 bits per heavy atom. The zero-order valence-corrected chi connectivity index (χ0v) is 10.3. The van der Waals surface area contributed by atoms with Crippen molar-refractivity contribution in [3.05, 3.63) is 22.6 Å². The molecular weight excluding hydrogens is 295 g/mol. The molecule has 1 aromatic rings. The Bertz CT molecular complexity index is 462. The van der Waals surface area contributed by atoms with Crippen molar-refractivity contribution < 1.29 is 18.4 Å². The van der Waals surface area contributed by atoms with Crippen molar-refractivity contribution in [2.45, 2.75) is 18.6 Å². The van der Waals surface area contributed by atoms with Crippen molar-refractivity contribution >= 4 is 27.7 Å². The molecule has 92 valence electrons. The molecule has 2 heterocycles. The number of halogens is 2. The van der Waals surface area contributed by atoms with Gasteiger partial charge in [0, 0.05) is 6.42 Å². The lowest BCUT2D eigenvalue weighted by molar-refractivity contribution is -0.121. The first kappa shape index (κ1) is 12.1. The van der Waals surface area contributed by atoms with Gasteiger partial charge in [0.15, 0.2) is 4.67 Å². The predicted octanol–water partition coefficient (Wildman–Crippen LogP) is 1.08. The molecule has 1 aliphatic heterocycles. The van der Waals surface area contributed by atoms with Crippen LogP contribution in [-0.4, -0.2) is 35.5 Å². The Morgan fingerprint density at radius 1 is 1.59 bits per heavy atom. The quantitative estimate of drug-likeness (QED) is 0.888. The van der Waals surface area contributed by atoms with Gasteiger partial charge in [0.05, 0.1) is 18.4 Å². The average molecular weight is 305 g/mol. The normalized spacial score (nSPS) is 24.0. The molecule has 1 saturated heterocycles. The van der Waals surface area contributed by atoms with E-state index in [1.54, 1.807) is 0 Å². The van der Waals surface area contributed by atoms with Crippen molar-refractivity contribution in [1.29, 1.82) is 0 Å². The summed E-state index contributed by atoms with van der Waals surface area (Å²) in [4.78, 5) is 24.3. The van der Waals surface area contributed by atoms with Crippen molar-refractivity contribution in [2.24, 2.45) is 5.73 Å². The van der Waals surface area contributed by atoms with Crippen LogP contribution in [0.5, 0.6) is 0 Å². The number of alkyl halides is 1. The van der Waals surface area contributed by atoms with Gasteiger partial charge in [0.1, 0.15) is 12.2 Å². The molecule has 7 heteroatoms. The molecule has 0 aromatic carbocycles. The van der Waals surface area contributed by atoms with Gasteiger partial charge in [-0.25, -0.2) is 4.39 Å². The van der Waals surface area contributed by atoms with Crippen LogP contribution in [0.2, 0.25) is 0 Å². The van der Waals surface area contributed by atoms with E-state index in [4.69, 9.17) is 10.2 Å². The number of nitrogens with two attached hydrogens (primary N) is 1. The molecule has 2 N–H and O–H groups in total. The Labute approximate surface area is 105 Å². The van der Waals surface area contributed by atoms with Crippen LogP contribution in [0.3, 0.4) is 0 Å². The number of carbonyl (C=O) groups excluding carboxylic acids is 2. The monoisotopic (exact) mass is 304 g/mol. The van der Waals surface area contributed by atoms with Crippen LogP contribution < -0.4 is 5.73 Å². The fourth-order valence-electron chi connectivity index (χ4n) is 1.88. The fourth-order valence-corrected chi connectivity index (χ4v) is 2.29. The summed E-state index contributed by atoms with van der Waals surface area (Å²) < 4.78 is 18.4. The van der Waals surface area contributed by atoms with Gasteiger partial charge >= 0.3 is 0 Å². The third-order valence-electron chi connectivity index (χ3n) is 2.69. The molecule has 0 spiro atoms. The molecule has 2 atom stereocenters. The summed E-state index contributed by atoms with van der Waals surface area (Å²) in [6, 6.07) is 0.565. The van der Waals surface area contributed by atoms with E-state index in [-0.39, 0.29) is 23.2 Å². The second kappa shape index (κ2) is 4.48. The van der Waals surface area contributed by atoms with Gasteiger partial charge in [-0.05, 0) is 22.0 Å². The third kappa shape index (κ3) is 2.19. The van der Waals surface area contributed by atoms with Crippen LogP contribution in [0, 0.1) is 0 Å². The zero-order valence-electron chi connectivity index (χ0n) is 8.73. The summed E-state index contributed by atoms with van der Waals surface area (Å²) in [6.45, 7) is -0.121. The standard InChI is InChI=1S/C10H10BrFN2O3/c11-8-6(1-2-17-8)10(16)14-4-5(12)3-7(14)9(13)15/h1-2,5,7H,3-4H2,(H2,13,15)/t5-,7+/m1/s1. The second-order valence-corrected chi connectivity index (χ2v) is 4.54. The fraction of sp³-hybridized carbons (Fsp3) is 0.400. The molecule has 0 radical (unpaired) electrons. The summed E-state index contributed by atoms with van der Waals surface area (Å²) >= 11 is 3.06. The number of likely N-dealkylation sites (tertiary alicyclic amines) is 1. The number of hydrogen-bond donors (Lipinski definition) is 1. The third-order valence-corrected chi connectivity index (χ3v) is 3.30. The van der Waals surface area contributed by atoms with Crippen LogP contribution in [-0.2, 0) is 4.79 Å². The van der Waals surface area contributed by atoms with Crippen molar-refractivity contribution in [3.63, 3.8) is 0 Å². The molecule has 0 aliphatic carbocycles. The highest BCUT2D eigenvalue weighted by atomic mass is 79.9. The van der Waals surface area contributed by atoms with Crippen LogP contribution >= 0.6 is 15.9 Å². The van der Waals surface area contributed by atoms with Crippen LogP contribution in [0.4, 0.5) is 4.39 Å². The van der Waals surface area contributed by atoms with E-state index in [1.165, 1.54) is 12.3 Å². The minimum atomic E-state index is -1.22. The van der Waals surface area contributed by atoms with E-state index in [0.717, 1.165) is 4.90 Å². The number of nitrogens with zero attached hydrogens (tertiary/aromatic N) is 1. The minimum absolute atomic E-state index is 0.0451. The average Bonchev–Trinajstić information content (AvgIpc) is 2.83. The number of carbonyl (C=O) groups is 2. The van der Waals surface area contributed by atoms with Crippen molar-refractivity contribution in [3.8, 4) is 0 Å². The van der Waals surface area contributed by atoms with Gasteiger partial charge in [-0.2, -0.15) is 0 Å². The first-order valence-electron chi connectivity index (χ1n) is 4.98. The summed E-state index contributed by atoms with van der Waals surface area (Å²) in [6.07, 6.45) is 0.0676. The van der Waals surface area contributed by atoms with Crippen LogP contribution in [0.15, 0.2) is 21.4 Å². The lowest BCUT2D eigenvalue weighted by atomic mass is 10.2. The predicted molar refractivity (Wildman–Crippen MR) is 59.9 cm³/mol. The maximum absolute atomic E-state index is 13.2. The maximum atomic E-state index is 13.2. The van der Waals surface area contributed by atoms with E-state index >= 15 is 0 Å². The highest BCUT2D eigenvalue weighted by molar-refractivity contribution is 9.10. The van der Waals surface area contributed by atoms with E-state index in [0.29, 0.717) is 0 Å². The zero-order chi connectivity index (χ0) is 12.6. The van der Waals surface area contributed by atoms with E-state index in [2.05, 4.69) is 15.9 Å². The number of amides is 2. The molecule has 2 rings (SSSR count). The topological polar surface area (TPSA) is 76.5 Å². The molecule has 1 aliphatic rings. The lowest BCUT2D eigenvalue weighted by Crippen LogP contribution is -2.43. The first-order chi connectivity index (χ1) is 8.00. The first-order valence-corrected chi connectivity index (χ1v) is 5.77. The maximum Gasteiger partial charge on any atom is 0.259 e. The highest BCUT2D eigenvalue weighted by Crippen LogP contribution is 2.26. The van der Waals surface area contributed by atoms with Crippen LogP contribution in [0.25, 0.3) is 0 Å².